The molecule has 19 heavy (non-hydrogen) atoms. The fourth-order valence-corrected chi connectivity index (χ4v) is 1.97. The molecule has 1 unspecified atom stereocenters. The van der Waals surface area contributed by atoms with E-state index in [4.69, 9.17) is 31.9 Å². The number of hydrogen-bond donors (Lipinski definition) is 2. The van der Waals surface area contributed by atoms with Crippen molar-refractivity contribution in [2.45, 2.75) is 25.9 Å². The molecule has 0 radical (unpaired) electrons. The largest absolute Gasteiger partial charge is 0.493 e. The van der Waals surface area contributed by atoms with Gasteiger partial charge in [0, 0.05) is 17.6 Å². The zero-order chi connectivity index (χ0) is 14.6. The third-order valence-corrected chi connectivity index (χ3v) is 2.88. The Bertz CT molecular complexity index is 462. The van der Waals surface area contributed by atoms with Crippen LogP contribution in [0.25, 0.3) is 0 Å². The summed E-state index contributed by atoms with van der Waals surface area (Å²) in [4.78, 5) is 11.2. The third kappa shape index (κ3) is 3.75. The Kier molecular flexibility index (Phi) is 5.44. The zero-order valence-corrected chi connectivity index (χ0v) is 11.9. The molecule has 0 bridgehead atoms. The molecule has 0 amide bonds. The molecular weight excluding hydrogens is 270 g/mol. The first-order valence-electron chi connectivity index (χ1n) is 5.87. The smallest absolute Gasteiger partial charge is 0.312 e. The summed E-state index contributed by atoms with van der Waals surface area (Å²) >= 11 is 6.08. The SMILES string of the molecule is COc1cc(Cl)c(C(CN)C(=O)O)cc1OC(C)C. The highest BCUT2D eigenvalue weighted by Gasteiger charge is 2.23. The maximum absolute atomic E-state index is 11.2. The second-order valence-electron chi connectivity index (χ2n) is 4.32. The molecule has 0 heterocycles. The number of carboxylic acids is 1. The number of carbonyl (C=O) groups is 1. The minimum Gasteiger partial charge on any atom is -0.493 e. The Balaban J connectivity index is 3.29. The van der Waals surface area contributed by atoms with Crippen LogP contribution in [-0.2, 0) is 4.79 Å². The molecule has 0 aliphatic rings. The number of aliphatic carboxylic acids is 1. The highest BCUT2D eigenvalue weighted by atomic mass is 35.5. The molecule has 1 atom stereocenters. The average Bonchev–Trinajstić information content (AvgIpc) is 2.32. The summed E-state index contributed by atoms with van der Waals surface area (Å²) in [6.45, 7) is 3.69. The van der Waals surface area contributed by atoms with Gasteiger partial charge >= 0.3 is 5.97 Å². The summed E-state index contributed by atoms with van der Waals surface area (Å²) in [6, 6.07) is 3.12. The lowest BCUT2D eigenvalue weighted by Gasteiger charge is -2.18. The number of nitrogens with two attached hydrogens (primary N) is 1. The van der Waals surface area contributed by atoms with Crippen molar-refractivity contribution < 1.29 is 19.4 Å². The van der Waals surface area contributed by atoms with Crippen LogP contribution in [0.2, 0.25) is 5.02 Å². The van der Waals surface area contributed by atoms with Gasteiger partial charge in [0.25, 0.3) is 0 Å². The van der Waals surface area contributed by atoms with Crippen LogP contribution in [0.4, 0.5) is 0 Å². The lowest BCUT2D eigenvalue weighted by atomic mass is 9.99. The van der Waals surface area contributed by atoms with Crippen LogP contribution in [0.3, 0.4) is 0 Å². The highest BCUT2D eigenvalue weighted by molar-refractivity contribution is 6.31. The number of hydrogen-bond acceptors (Lipinski definition) is 4. The molecule has 0 aromatic heterocycles. The van der Waals surface area contributed by atoms with Gasteiger partial charge in [-0.3, -0.25) is 4.79 Å². The van der Waals surface area contributed by atoms with Gasteiger partial charge in [0.15, 0.2) is 11.5 Å². The standard InChI is InChI=1S/C13H18ClNO4/c1-7(2)19-12-4-8(9(6-15)13(16)17)10(14)5-11(12)18-3/h4-5,7,9H,6,15H2,1-3H3,(H,16,17). The molecule has 106 valence electrons. The van der Waals surface area contributed by atoms with Gasteiger partial charge in [-0.15, -0.1) is 0 Å². The lowest BCUT2D eigenvalue weighted by molar-refractivity contribution is -0.138. The zero-order valence-electron chi connectivity index (χ0n) is 11.1. The summed E-state index contributed by atoms with van der Waals surface area (Å²) in [7, 11) is 1.50. The maximum atomic E-state index is 11.2. The van der Waals surface area contributed by atoms with E-state index in [-0.39, 0.29) is 12.6 Å². The number of benzene rings is 1. The van der Waals surface area contributed by atoms with Crippen molar-refractivity contribution in [2.75, 3.05) is 13.7 Å². The van der Waals surface area contributed by atoms with Crippen molar-refractivity contribution in [3.05, 3.63) is 22.7 Å². The molecule has 3 N–H and O–H groups in total. The van der Waals surface area contributed by atoms with Crippen molar-refractivity contribution >= 4 is 17.6 Å². The fourth-order valence-electron chi connectivity index (χ4n) is 1.68. The Morgan fingerprint density at radius 2 is 2.05 bits per heavy atom. The van der Waals surface area contributed by atoms with Gasteiger partial charge in [-0.2, -0.15) is 0 Å². The van der Waals surface area contributed by atoms with E-state index in [1.54, 1.807) is 12.1 Å². The molecule has 1 rings (SSSR count). The summed E-state index contributed by atoms with van der Waals surface area (Å²) in [5.74, 6) is -0.974. The van der Waals surface area contributed by atoms with Crippen LogP contribution in [-0.4, -0.2) is 30.8 Å². The molecule has 0 saturated heterocycles. The first-order chi connectivity index (χ1) is 8.90. The number of ether oxygens (including phenoxy) is 2. The third-order valence-electron chi connectivity index (χ3n) is 2.55. The Morgan fingerprint density at radius 3 is 2.47 bits per heavy atom. The number of rotatable bonds is 6. The van der Waals surface area contributed by atoms with E-state index in [0.29, 0.717) is 22.1 Å². The topological polar surface area (TPSA) is 81.8 Å². The van der Waals surface area contributed by atoms with E-state index in [1.165, 1.54) is 7.11 Å². The summed E-state index contributed by atoms with van der Waals surface area (Å²) in [5, 5.41) is 9.44. The molecule has 0 spiro atoms. The Labute approximate surface area is 117 Å². The molecule has 6 heteroatoms. The second-order valence-corrected chi connectivity index (χ2v) is 4.72. The second kappa shape index (κ2) is 6.63. The quantitative estimate of drug-likeness (QED) is 0.839. The van der Waals surface area contributed by atoms with Gasteiger partial charge in [-0.1, -0.05) is 11.6 Å². The lowest BCUT2D eigenvalue weighted by Crippen LogP contribution is -2.21. The number of methoxy groups -OCH3 is 1. The number of carboxylic acid groups (broad SMARTS) is 1. The van der Waals surface area contributed by atoms with Crippen molar-refractivity contribution in [2.24, 2.45) is 5.73 Å². The van der Waals surface area contributed by atoms with Gasteiger partial charge in [-0.05, 0) is 25.5 Å². The van der Waals surface area contributed by atoms with E-state index in [0.717, 1.165) is 0 Å². The van der Waals surface area contributed by atoms with Gasteiger partial charge in [0.05, 0.1) is 19.1 Å². The van der Waals surface area contributed by atoms with Crippen molar-refractivity contribution in [1.29, 1.82) is 0 Å². The summed E-state index contributed by atoms with van der Waals surface area (Å²) in [5.41, 5.74) is 5.91. The van der Waals surface area contributed by atoms with Crippen molar-refractivity contribution in [3.8, 4) is 11.5 Å². The first kappa shape index (κ1) is 15.6. The maximum Gasteiger partial charge on any atom is 0.312 e. The minimum absolute atomic E-state index is 0.0392. The molecule has 0 aliphatic carbocycles. The van der Waals surface area contributed by atoms with E-state index in [1.807, 2.05) is 13.8 Å². The van der Waals surface area contributed by atoms with Crippen LogP contribution >= 0.6 is 11.6 Å². The molecule has 5 nitrogen and oxygen atoms in total. The van der Waals surface area contributed by atoms with Gasteiger partial charge in [-0.25, -0.2) is 0 Å². The van der Waals surface area contributed by atoms with Crippen LogP contribution < -0.4 is 15.2 Å². The molecule has 0 saturated carbocycles. The molecule has 0 fully saturated rings. The predicted octanol–water partition coefficient (Wildman–Crippen LogP) is 2.26. The van der Waals surface area contributed by atoms with E-state index < -0.39 is 11.9 Å². The van der Waals surface area contributed by atoms with Crippen LogP contribution in [0.15, 0.2) is 12.1 Å². The van der Waals surface area contributed by atoms with Gasteiger partial charge < -0.3 is 20.3 Å². The first-order valence-corrected chi connectivity index (χ1v) is 6.25. The normalized spacial score (nSPS) is 12.3. The average molecular weight is 288 g/mol. The Hall–Kier alpha value is -1.46. The summed E-state index contributed by atoms with van der Waals surface area (Å²) in [6.07, 6.45) is -0.0657. The van der Waals surface area contributed by atoms with Crippen LogP contribution in [0, 0.1) is 0 Å². The highest BCUT2D eigenvalue weighted by Crippen LogP contribution is 2.37. The Morgan fingerprint density at radius 1 is 1.42 bits per heavy atom. The minimum atomic E-state index is -1.02. The van der Waals surface area contributed by atoms with E-state index in [9.17, 15) is 4.79 Å². The monoisotopic (exact) mass is 287 g/mol. The van der Waals surface area contributed by atoms with E-state index in [2.05, 4.69) is 0 Å². The number of halogens is 1. The van der Waals surface area contributed by atoms with Gasteiger partial charge in [0.2, 0.25) is 0 Å². The fraction of sp³-hybridized carbons (Fsp3) is 0.462. The van der Waals surface area contributed by atoms with Gasteiger partial charge in [0.1, 0.15) is 0 Å². The molecule has 1 aromatic carbocycles. The van der Waals surface area contributed by atoms with E-state index >= 15 is 0 Å². The molecule has 1 aromatic rings. The van der Waals surface area contributed by atoms with Crippen LogP contribution in [0.1, 0.15) is 25.3 Å². The summed E-state index contributed by atoms with van der Waals surface area (Å²) < 4.78 is 10.8. The van der Waals surface area contributed by atoms with Crippen molar-refractivity contribution in [1.82, 2.24) is 0 Å². The van der Waals surface area contributed by atoms with Crippen LogP contribution in [0.5, 0.6) is 11.5 Å². The molecular formula is C13H18ClNO4. The molecule has 0 aliphatic heterocycles. The van der Waals surface area contributed by atoms with Crippen molar-refractivity contribution in [3.63, 3.8) is 0 Å². The predicted molar refractivity (Wildman–Crippen MR) is 73.2 cm³/mol.